The van der Waals surface area contributed by atoms with Crippen LogP contribution in [0.25, 0.3) is 28.0 Å². The predicted octanol–water partition coefficient (Wildman–Crippen LogP) is 4.06. The monoisotopic (exact) mass is 593 g/mol. The maximum absolute atomic E-state index is 14.3. The molecule has 0 bridgehead atoms. The SMILES string of the molecule is COc1ccc(-c2ccc(-c3cnn4c(N)c(C(C)=O)c(C5CC6N(C(=O)c7ncn[nH]7)C7CCC76C5)nc34)cn2)cc1F. The summed E-state index contributed by atoms with van der Waals surface area (Å²) in [5, 5.41) is 11.0. The van der Waals surface area contributed by atoms with E-state index in [4.69, 9.17) is 15.5 Å². The summed E-state index contributed by atoms with van der Waals surface area (Å²) in [5.74, 6) is -0.215. The van der Waals surface area contributed by atoms with Gasteiger partial charge in [-0.25, -0.2) is 14.4 Å². The second-order valence-electron chi connectivity index (χ2n) is 11.9. The molecule has 1 amide bonds. The second-order valence-corrected chi connectivity index (χ2v) is 11.9. The minimum absolute atomic E-state index is 0.0146. The van der Waals surface area contributed by atoms with Gasteiger partial charge in [0.15, 0.2) is 23.0 Å². The number of ketones is 1. The van der Waals surface area contributed by atoms with Crippen LogP contribution in [0.5, 0.6) is 5.75 Å². The Bertz CT molecular complexity index is 1970. The van der Waals surface area contributed by atoms with Crippen molar-refractivity contribution in [3.8, 4) is 28.1 Å². The molecule has 1 aliphatic heterocycles. The molecule has 8 rings (SSSR count). The van der Waals surface area contributed by atoms with Crippen molar-refractivity contribution in [3.05, 3.63) is 72.0 Å². The molecule has 4 atom stereocenters. The van der Waals surface area contributed by atoms with Gasteiger partial charge in [0, 0.05) is 46.3 Å². The lowest BCUT2D eigenvalue weighted by Gasteiger charge is -2.68. The summed E-state index contributed by atoms with van der Waals surface area (Å²) in [6, 6.07) is 8.55. The molecule has 5 heterocycles. The fourth-order valence-electron chi connectivity index (χ4n) is 7.76. The number of likely N-dealkylation sites (tertiary alicyclic amines) is 1. The summed E-state index contributed by atoms with van der Waals surface area (Å²) in [6.07, 6.45) is 8.15. The molecular weight excluding hydrogens is 565 g/mol. The molecule has 3 N–H and O–H groups in total. The smallest absolute Gasteiger partial charge is 0.291 e. The number of Topliss-reactive ketones (excluding diaryl/α,β-unsaturated/α-hetero) is 1. The summed E-state index contributed by atoms with van der Waals surface area (Å²) in [7, 11) is 1.42. The first kappa shape index (κ1) is 26.4. The van der Waals surface area contributed by atoms with Crippen molar-refractivity contribution in [2.45, 2.75) is 50.6 Å². The number of nitrogens with one attached hydrogen (secondary N) is 1. The zero-order valence-corrected chi connectivity index (χ0v) is 24.0. The molecule has 222 valence electrons. The van der Waals surface area contributed by atoms with E-state index in [1.165, 1.54) is 30.9 Å². The molecule has 44 heavy (non-hydrogen) atoms. The maximum atomic E-state index is 14.3. The van der Waals surface area contributed by atoms with Gasteiger partial charge in [-0.05, 0) is 56.9 Å². The highest BCUT2D eigenvalue weighted by Gasteiger charge is 2.71. The van der Waals surface area contributed by atoms with Gasteiger partial charge in [0.1, 0.15) is 12.1 Å². The maximum Gasteiger partial charge on any atom is 0.291 e. The zero-order valence-electron chi connectivity index (χ0n) is 24.0. The zero-order chi connectivity index (χ0) is 30.3. The molecule has 0 radical (unpaired) electrons. The molecule has 2 aliphatic carbocycles. The number of benzene rings is 1. The summed E-state index contributed by atoms with van der Waals surface area (Å²) < 4.78 is 20.8. The molecule has 4 unspecified atom stereocenters. The fourth-order valence-corrected chi connectivity index (χ4v) is 7.76. The van der Waals surface area contributed by atoms with Crippen LogP contribution in [-0.4, -0.2) is 70.5 Å². The molecular formula is C31H28FN9O3. The quantitative estimate of drug-likeness (QED) is 0.277. The van der Waals surface area contributed by atoms with Crippen LogP contribution in [0.2, 0.25) is 0 Å². The van der Waals surface area contributed by atoms with Gasteiger partial charge in [0.05, 0.1) is 30.3 Å². The average molecular weight is 594 g/mol. The molecule has 5 aromatic rings. The third-order valence-electron chi connectivity index (χ3n) is 9.84. The van der Waals surface area contributed by atoms with E-state index in [0.29, 0.717) is 40.1 Å². The summed E-state index contributed by atoms with van der Waals surface area (Å²) in [5.41, 5.74) is 10.8. The van der Waals surface area contributed by atoms with Crippen LogP contribution in [0.4, 0.5) is 10.2 Å². The first-order chi connectivity index (χ1) is 21.3. The number of anilines is 1. The largest absolute Gasteiger partial charge is 0.494 e. The van der Waals surface area contributed by atoms with Gasteiger partial charge in [-0.3, -0.25) is 19.7 Å². The van der Waals surface area contributed by atoms with Crippen LogP contribution in [0.3, 0.4) is 0 Å². The third kappa shape index (κ3) is 3.58. The van der Waals surface area contributed by atoms with Crippen LogP contribution >= 0.6 is 0 Å². The normalized spacial score (nSPS) is 23.5. The predicted molar refractivity (Wildman–Crippen MR) is 156 cm³/mol. The Morgan fingerprint density at radius 2 is 1.98 bits per heavy atom. The van der Waals surface area contributed by atoms with E-state index in [1.807, 2.05) is 11.0 Å². The molecule has 4 aromatic heterocycles. The Balaban J connectivity index is 1.15. The van der Waals surface area contributed by atoms with E-state index in [9.17, 15) is 14.0 Å². The highest BCUT2D eigenvalue weighted by atomic mass is 19.1. The number of methoxy groups -OCH3 is 1. The van der Waals surface area contributed by atoms with Crippen molar-refractivity contribution in [1.29, 1.82) is 0 Å². The number of rotatable bonds is 6. The number of fused-ring (bicyclic) bond motifs is 1. The lowest BCUT2D eigenvalue weighted by atomic mass is 9.53. The van der Waals surface area contributed by atoms with Crippen LogP contribution in [-0.2, 0) is 0 Å². The number of aromatic nitrogens is 7. The van der Waals surface area contributed by atoms with E-state index in [1.54, 1.807) is 30.6 Å². The van der Waals surface area contributed by atoms with Crippen molar-refractivity contribution < 1.29 is 18.7 Å². The van der Waals surface area contributed by atoms with Crippen molar-refractivity contribution in [2.75, 3.05) is 12.8 Å². The number of amides is 1. The van der Waals surface area contributed by atoms with Crippen LogP contribution < -0.4 is 10.5 Å². The Hall–Kier alpha value is -5.20. The van der Waals surface area contributed by atoms with Crippen molar-refractivity contribution in [1.82, 2.24) is 39.7 Å². The van der Waals surface area contributed by atoms with E-state index < -0.39 is 5.82 Å². The third-order valence-corrected chi connectivity index (χ3v) is 9.84. The number of ether oxygens (including phenoxy) is 1. The Morgan fingerprint density at radius 3 is 2.64 bits per heavy atom. The van der Waals surface area contributed by atoms with Gasteiger partial charge in [-0.15, -0.1) is 0 Å². The van der Waals surface area contributed by atoms with Crippen molar-refractivity contribution >= 4 is 23.2 Å². The molecule has 1 aromatic carbocycles. The highest BCUT2D eigenvalue weighted by Crippen LogP contribution is 2.68. The molecule has 13 heteroatoms. The van der Waals surface area contributed by atoms with E-state index in [-0.39, 0.29) is 52.5 Å². The van der Waals surface area contributed by atoms with Gasteiger partial charge in [-0.1, -0.05) is 6.07 Å². The molecule has 12 nitrogen and oxygen atoms in total. The number of aromatic amines is 1. The summed E-state index contributed by atoms with van der Waals surface area (Å²) in [4.78, 5) is 41.9. The van der Waals surface area contributed by atoms with Crippen molar-refractivity contribution in [2.24, 2.45) is 5.41 Å². The first-order valence-corrected chi connectivity index (χ1v) is 14.5. The minimum atomic E-state index is -0.467. The Morgan fingerprint density at radius 1 is 1.14 bits per heavy atom. The van der Waals surface area contributed by atoms with Crippen LogP contribution in [0.1, 0.15) is 65.2 Å². The molecule has 3 aliphatic rings. The average Bonchev–Trinajstić information content (AvgIpc) is 3.78. The molecule has 1 saturated heterocycles. The van der Waals surface area contributed by atoms with Gasteiger partial charge >= 0.3 is 0 Å². The number of piperidine rings is 1. The van der Waals surface area contributed by atoms with Gasteiger partial charge < -0.3 is 15.4 Å². The van der Waals surface area contributed by atoms with E-state index in [0.717, 1.165) is 24.8 Å². The minimum Gasteiger partial charge on any atom is -0.494 e. The topological polar surface area (TPSA) is 157 Å². The van der Waals surface area contributed by atoms with Gasteiger partial charge in [-0.2, -0.15) is 14.7 Å². The number of carbonyl (C=O) groups excluding carboxylic acids is 2. The molecule has 1 spiro atoms. The number of nitrogens with two attached hydrogens (primary N) is 1. The second kappa shape index (κ2) is 9.40. The number of hydrogen-bond donors (Lipinski definition) is 2. The molecule has 2 saturated carbocycles. The first-order valence-electron chi connectivity index (χ1n) is 14.5. The fraction of sp³-hybridized carbons (Fsp3) is 0.323. The number of carbonyl (C=O) groups is 2. The number of hydrogen-bond acceptors (Lipinski definition) is 9. The van der Waals surface area contributed by atoms with Gasteiger partial charge in [0.25, 0.3) is 5.91 Å². The number of pyridine rings is 1. The van der Waals surface area contributed by atoms with E-state index in [2.05, 4.69) is 25.3 Å². The van der Waals surface area contributed by atoms with Crippen molar-refractivity contribution in [3.63, 3.8) is 0 Å². The molecule has 3 fully saturated rings. The van der Waals surface area contributed by atoms with Crippen LogP contribution in [0, 0.1) is 11.2 Å². The van der Waals surface area contributed by atoms with Gasteiger partial charge in [0.2, 0.25) is 5.82 Å². The highest BCUT2D eigenvalue weighted by molar-refractivity contribution is 6.00. The number of H-pyrrole nitrogens is 1. The van der Waals surface area contributed by atoms with E-state index >= 15 is 0 Å². The lowest BCUT2D eigenvalue weighted by molar-refractivity contribution is -0.160. The standard InChI is InChI=1S/C31H28FN9O3/c1-15(42)25-26(18-10-24-31(11-18)8-7-23(31)40(24)30(43)28-35-14-36-39-28)38-29-19(13-37-41(29)27(25)33)17-3-5-21(34-12-17)16-4-6-22(44-2)20(32)9-16/h3-6,9,12-14,18,23-24H,7-8,10-11,33H2,1-2H3,(H,35,36,39). The Labute approximate surface area is 250 Å². The number of nitrogen functional groups attached to an aromatic ring is 1. The number of nitrogens with zero attached hydrogens (tertiary/aromatic N) is 7. The van der Waals surface area contributed by atoms with Crippen LogP contribution in [0.15, 0.2) is 49.1 Å². The number of halogens is 1. The lowest BCUT2D eigenvalue weighted by Crippen LogP contribution is -2.75. The Kier molecular flexibility index (Phi) is 5.65. The summed E-state index contributed by atoms with van der Waals surface area (Å²) in [6.45, 7) is 1.49. The summed E-state index contributed by atoms with van der Waals surface area (Å²) >= 11 is 0.